The lowest BCUT2D eigenvalue weighted by Crippen LogP contribution is -2.48. The summed E-state index contributed by atoms with van der Waals surface area (Å²) >= 11 is 0. The van der Waals surface area contributed by atoms with E-state index < -0.39 is 6.04 Å². The van der Waals surface area contributed by atoms with Crippen molar-refractivity contribution in [3.05, 3.63) is 71.8 Å². The van der Waals surface area contributed by atoms with Gasteiger partial charge in [0.2, 0.25) is 11.8 Å². The minimum atomic E-state index is -0.536. The number of amides is 2. The van der Waals surface area contributed by atoms with E-state index in [9.17, 15) is 9.59 Å². The highest BCUT2D eigenvalue weighted by atomic mass is 16.5. The van der Waals surface area contributed by atoms with Crippen molar-refractivity contribution in [2.24, 2.45) is 0 Å². The summed E-state index contributed by atoms with van der Waals surface area (Å²) in [4.78, 5) is 27.2. The molecule has 1 N–H and O–H groups in total. The molecule has 1 unspecified atom stereocenters. The van der Waals surface area contributed by atoms with Gasteiger partial charge in [0.15, 0.2) is 0 Å². The first-order valence-electron chi connectivity index (χ1n) is 9.75. The zero-order valence-corrected chi connectivity index (χ0v) is 16.8. The maximum Gasteiger partial charge on any atom is 0.242 e. The Labute approximate surface area is 167 Å². The number of benzene rings is 2. The van der Waals surface area contributed by atoms with Crippen LogP contribution in [0.4, 0.5) is 0 Å². The van der Waals surface area contributed by atoms with Crippen LogP contribution in [-0.2, 0) is 27.3 Å². The molecule has 5 nitrogen and oxygen atoms in total. The largest absolute Gasteiger partial charge is 0.385 e. The minimum Gasteiger partial charge on any atom is -0.385 e. The number of carbonyl (C=O) groups excluding carboxylic acids is 2. The molecule has 0 bridgehead atoms. The molecular formula is C23H30N2O3. The Bertz CT molecular complexity index is 719. The second-order valence-corrected chi connectivity index (χ2v) is 6.81. The van der Waals surface area contributed by atoms with Gasteiger partial charge in [0, 0.05) is 33.2 Å². The molecule has 0 aromatic heterocycles. The zero-order chi connectivity index (χ0) is 20.2. The van der Waals surface area contributed by atoms with Gasteiger partial charge < -0.3 is 15.0 Å². The number of hydrogen-bond donors (Lipinski definition) is 1. The van der Waals surface area contributed by atoms with E-state index in [0.717, 1.165) is 17.5 Å². The lowest BCUT2D eigenvalue weighted by Gasteiger charge is -2.29. The highest BCUT2D eigenvalue weighted by Crippen LogP contribution is 2.13. The number of aryl methyl sites for hydroxylation is 1. The van der Waals surface area contributed by atoms with Crippen LogP contribution in [0.25, 0.3) is 0 Å². The number of rotatable bonds is 11. The fraction of sp³-hybridized carbons (Fsp3) is 0.391. The van der Waals surface area contributed by atoms with Gasteiger partial charge in [0.05, 0.1) is 0 Å². The van der Waals surface area contributed by atoms with E-state index in [4.69, 9.17) is 4.74 Å². The van der Waals surface area contributed by atoms with Gasteiger partial charge in [-0.1, -0.05) is 60.7 Å². The maximum atomic E-state index is 13.0. The Balaban J connectivity index is 2.02. The molecule has 28 heavy (non-hydrogen) atoms. The predicted octanol–water partition coefficient (Wildman–Crippen LogP) is 3.19. The van der Waals surface area contributed by atoms with Crippen LogP contribution >= 0.6 is 0 Å². The van der Waals surface area contributed by atoms with Crippen molar-refractivity contribution in [1.29, 1.82) is 0 Å². The van der Waals surface area contributed by atoms with E-state index in [1.54, 1.807) is 18.9 Å². The van der Waals surface area contributed by atoms with Crippen molar-refractivity contribution in [3.63, 3.8) is 0 Å². The molecule has 2 amide bonds. The first-order valence-corrected chi connectivity index (χ1v) is 9.75. The Morgan fingerprint density at radius 2 is 1.61 bits per heavy atom. The van der Waals surface area contributed by atoms with Gasteiger partial charge in [-0.05, 0) is 30.9 Å². The van der Waals surface area contributed by atoms with Gasteiger partial charge in [-0.2, -0.15) is 0 Å². The normalized spacial score (nSPS) is 11.6. The van der Waals surface area contributed by atoms with Crippen molar-refractivity contribution >= 4 is 11.8 Å². The molecule has 0 aliphatic rings. The smallest absolute Gasteiger partial charge is 0.242 e. The molecule has 2 aromatic rings. The summed E-state index contributed by atoms with van der Waals surface area (Å²) in [6.07, 6.45) is 1.78. The third-order valence-corrected chi connectivity index (χ3v) is 4.66. The highest BCUT2D eigenvalue weighted by Gasteiger charge is 2.25. The van der Waals surface area contributed by atoms with Crippen LogP contribution in [0, 0.1) is 0 Å². The fourth-order valence-corrected chi connectivity index (χ4v) is 2.98. The Hall–Kier alpha value is -2.66. The van der Waals surface area contributed by atoms with Crippen molar-refractivity contribution < 1.29 is 14.3 Å². The van der Waals surface area contributed by atoms with Crippen LogP contribution in [0.5, 0.6) is 0 Å². The van der Waals surface area contributed by atoms with Crippen LogP contribution in [-0.4, -0.2) is 43.0 Å². The first kappa shape index (κ1) is 21.6. The zero-order valence-electron chi connectivity index (χ0n) is 16.8. The third kappa shape index (κ3) is 7.16. The van der Waals surface area contributed by atoms with E-state index in [1.807, 2.05) is 60.7 Å². The van der Waals surface area contributed by atoms with Gasteiger partial charge in [-0.3, -0.25) is 9.59 Å². The highest BCUT2D eigenvalue weighted by molar-refractivity contribution is 5.87. The van der Waals surface area contributed by atoms with E-state index in [-0.39, 0.29) is 11.8 Å². The molecule has 150 valence electrons. The average Bonchev–Trinajstić information content (AvgIpc) is 2.74. The average molecular weight is 383 g/mol. The lowest BCUT2D eigenvalue weighted by atomic mass is 10.1. The van der Waals surface area contributed by atoms with E-state index >= 15 is 0 Å². The monoisotopic (exact) mass is 382 g/mol. The van der Waals surface area contributed by atoms with Crippen LogP contribution in [0.1, 0.15) is 30.9 Å². The summed E-state index contributed by atoms with van der Waals surface area (Å²) in [6, 6.07) is 19.2. The number of ether oxygens (including phenoxy) is 1. The van der Waals surface area contributed by atoms with Crippen molar-refractivity contribution in [3.8, 4) is 0 Å². The molecule has 0 radical (unpaired) electrons. The van der Waals surface area contributed by atoms with Gasteiger partial charge in [0.1, 0.15) is 6.04 Å². The third-order valence-electron chi connectivity index (χ3n) is 4.66. The molecule has 0 spiro atoms. The van der Waals surface area contributed by atoms with Crippen molar-refractivity contribution in [2.45, 2.75) is 38.8 Å². The molecule has 0 saturated carbocycles. The van der Waals surface area contributed by atoms with Crippen molar-refractivity contribution in [2.75, 3.05) is 20.3 Å². The number of carbonyl (C=O) groups is 2. The van der Waals surface area contributed by atoms with Crippen LogP contribution < -0.4 is 5.32 Å². The topological polar surface area (TPSA) is 58.6 Å². The molecule has 5 heteroatoms. The summed E-state index contributed by atoms with van der Waals surface area (Å²) in [6.45, 7) is 3.34. The fourth-order valence-electron chi connectivity index (χ4n) is 2.98. The lowest BCUT2D eigenvalue weighted by molar-refractivity contribution is -0.140. The first-order chi connectivity index (χ1) is 13.6. The van der Waals surface area contributed by atoms with E-state index in [1.165, 1.54) is 0 Å². The summed E-state index contributed by atoms with van der Waals surface area (Å²) in [5.74, 6) is -0.160. The minimum absolute atomic E-state index is 0.0211. The Morgan fingerprint density at radius 3 is 2.21 bits per heavy atom. The van der Waals surface area contributed by atoms with E-state index in [2.05, 4.69) is 5.32 Å². The van der Waals surface area contributed by atoms with Crippen LogP contribution in [0.2, 0.25) is 0 Å². The summed E-state index contributed by atoms with van der Waals surface area (Å²) in [7, 11) is 1.64. The molecule has 0 aliphatic heterocycles. The molecule has 0 aliphatic carbocycles. The van der Waals surface area contributed by atoms with Gasteiger partial charge in [-0.15, -0.1) is 0 Å². The standard InChI is InChI=1S/C23H30N2O3/c1-19(23(27)24-16-9-17-28-2)25(18-21-12-7-4-8-13-21)22(26)15-14-20-10-5-3-6-11-20/h3-8,10-13,19H,9,14-18H2,1-2H3,(H,24,27). The second kappa shape index (κ2) is 11.9. The van der Waals surface area contributed by atoms with E-state index in [0.29, 0.717) is 32.5 Å². The van der Waals surface area contributed by atoms with Gasteiger partial charge in [-0.25, -0.2) is 0 Å². The molecule has 2 aromatic carbocycles. The predicted molar refractivity (Wildman–Crippen MR) is 111 cm³/mol. The number of hydrogen-bond acceptors (Lipinski definition) is 3. The molecule has 0 fully saturated rings. The summed E-state index contributed by atoms with van der Waals surface area (Å²) < 4.78 is 5.01. The summed E-state index contributed by atoms with van der Waals surface area (Å²) in [5.41, 5.74) is 2.13. The number of nitrogens with zero attached hydrogens (tertiary/aromatic N) is 1. The molecule has 0 saturated heterocycles. The van der Waals surface area contributed by atoms with Crippen LogP contribution in [0.3, 0.4) is 0 Å². The van der Waals surface area contributed by atoms with Gasteiger partial charge in [0.25, 0.3) is 0 Å². The van der Waals surface area contributed by atoms with Gasteiger partial charge >= 0.3 is 0 Å². The quantitative estimate of drug-likeness (QED) is 0.607. The number of nitrogens with one attached hydrogen (secondary N) is 1. The Morgan fingerprint density at radius 1 is 1.00 bits per heavy atom. The summed E-state index contributed by atoms with van der Waals surface area (Å²) in [5, 5.41) is 2.90. The molecule has 1 atom stereocenters. The number of methoxy groups -OCH3 is 1. The van der Waals surface area contributed by atoms with Crippen LogP contribution in [0.15, 0.2) is 60.7 Å². The second-order valence-electron chi connectivity index (χ2n) is 6.81. The molecule has 2 rings (SSSR count). The molecular weight excluding hydrogens is 352 g/mol. The maximum absolute atomic E-state index is 13.0. The van der Waals surface area contributed by atoms with Crippen molar-refractivity contribution in [1.82, 2.24) is 10.2 Å². The Kier molecular flexibility index (Phi) is 9.22. The SMILES string of the molecule is COCCCNC(=O)C(C)N(Cc1ccccc1)C(=O)CCc1ccccc1. The molecule has 0 heterocycles.